The van der Waals surface area contributed by atoms with Crippen LogP contribution in [0.25, 0.3) is 6.08 Å². The molecular weight excluding hydrogens is 287 g/mol. The van der Waals surface area contributed by atoms with E-state index in [2.05, 4.69) is 46.6 Å². The van der Waals surface area contributed by atoms with Crippen molar-refractivity contribution in [1.29, 1.82) is 0 Å². The number of hydrogen-bond acceptors (Lipinski definition) is 2. The normalized spacial score (nSPS) is 19.1. The molecule has 0 saturated carbocycles. The molecule has 3 heteroatoms. The van der Waals surface area contributed by atoms with E-state index >= 15 is 0 Å². The molecule has 1 saturated heterocycles. The molecular formula is C20H23FN2. The zero-order valence-corrected chi connectivity index (χ0v) is 13.3. The Kier molecular flexibility index (Phi) is 5.43. The first-order valence-corrected chi connectivity index (χ1v) is 8.26. The lowest BCUT2D eigenvalue weighted by Gasteiger charge is -2.33. The Labute approximate surface area is 137 Å². The van der Waals surface area contributed by atoms with Crippen LogP contribution in [0.4, 0.5) is 10.1 Å². The molecule has 0 amide bonds. The summed E-state index contributed by atoms with van der Waals surface area (Å²) in [6, 6.07) is 17.5. The highest BCUT2D eigenvalue weighted by Gasteiger charge is 2.18. The van der Waals surface area contributed by atoms with Gasteiger partial charge in [0.25, 0.3) is 0 Å². The highest BCUT2D eigenvalue weighted by molar-refractivity contribution is 5.49. The third kappa shape index (κ3) is 4.93. The summed E-state index contributed by atoms with van der Waals surface area (Å²) in [7, 11) is 0. The number of benzene rings is 2. The van der Waals surface area contributed by atoms with Crippen LogP contribution in [-0.2, 0) is 0 Å². The summed E-state index contributed by atoms with van der Waals surface area (Å²) in [6.45, 7) is 3.13. The predicted octanol–water partition coefficient (Wildman–Crippen LogP) is 4.42. The average Bonchev–Trinajstić information content (AvgIpc) is 2.58. The first kappa shape index (κ1) is 15.8. The molecule has 1 N–H and O–H groups in total. The molecule has 1 unspecified atom stereocenters. The fourth-order valence-corrected chi connectivity index (χ4v) is 3.02. The van der Waals surface area contributed by atoms with Crippen LogP contribution in [0.3, 0.4) is 0 Å². The number of hydrogen-bond donors (Lipinski definition) is 1. The summed E-state index contributed by atoms with van der Waals surface area (Å²) in [5, 5.41) is 3.62. The Morgan fingerprint density at radius 1 is 1.09 bits per heavy atom. The van der Waals surface area contributed by atoms with Crippen molar-refractivity contribution >= 4 is 11.8 Å². The van der Waals surface area contributed by atoms with E-state index in [1.54, 1.807) is 0 Å². The Balaban J connectivity index is 1.49. The van der Waals surface area contributed by atoms with Gasteiger partial charge in [-0.05, 0) is 49.2 Å². The summed E-state index contributed by atoms with van der Waals surface area (Å²) in [6.07, 6.45) is 6.66. The number of para-hydroxylation sites is 1. The Morgan fingerprint density at radius 3 is 2.65 bits per heavy atom. The predicted molar refractivity (Wildman–Crippen MR) is 95.0 cm³/mol. The third-order valence-electron chi connectivity index (χ3n) is 4.19. The summed E-state index contributed by atoms with van der Waals surface area (Å²) < 4.78 is 12.9. The molecule has 0 aliphatic carbocycles. The Morgan fingerprint density at radius 2 is 1.87 bits per heavy atom. The van der Waals surface area contributed by atoms with E-state index in [1.807, 2.05) is 18.2 Å². The monoisotopic (exact) mass is 310 g/mol. The van der Waals surface area contributed by atoms with Crippen molar-refractivity contribution in [3.8, 4) is 0 Å². The van der Waals surface area contributed by atoms with Crippen LogP contribution in [0.5, 0.6) is 0 Å². The molecule has 120 valence electrons. The number of likely N-dealkylation sites (tertiary alicyclic amines) is 1. The topological polar surface area (TPSA) is 15.3 Å². The van der Waals surface area contributed by atoms with E-state index in [0.29, 0.717) is 6.04 Å². The van der Waals surface area contributed by atoms with Gasteiger partial charge >= 0.3 is 0 Å². The molecule has 0 radical (unpaired) electrons. The Bertz CT molecular complexity index is 622. The van der Waals surface area contributed by atoms with Gasteiger partial charge in [0, 0.05) is 24.8 Å². The van der Waals surface area contributed by atoms with E-state index < -0.39 is 0 Å². The summed E-state index contributed by atoms with van der Waals surface area (Å²) in [4.78, 5) is 2.46. The van der Waals surface area contributed by atoms with Gasteiger partial charge in [-0.3, -0.25) is 4.90 Å². The highest BCUT2D eigenvalue weighted by atomic mass is 19.1. The van der Waals surface area contributed by atoms with Gasteiger partial charge in [-0.2, -0.15) is 0 Å². The van der Waals surface area contributed by atoms with Crippen LogP contribution in [0.15, 0.2) is 60.7 Å². The zero-order valence-electron chi connectivity index (χ0n) is 13.3. The lowest BCUT2D eigenvalue weighted by Crippen LogP contribution is -2.42. The van der Waals surface area contributed by atoms with Crippen molar-refractivity contribution in [2.45, 2.75) is 18.9 Å². The highest BCUT2D eigenvalue weighted by Crippen LogP contribution is 2.16. The van der Waals surface area contributed by atoms with Crippen LogP contribution in [0.1, 0.15) is 18.4 Å². The van der Waals surface area contributed by atoms with Gasteiger partial charge in [0.2, 0.25) is 0 Å². The van der Waals surface area contributed by atoms with Crippen LogP contribution in [0.2, 0.25) is 0 Å². The number of anilines is 1. The van der Waals surface area contributed by atoms with E-state index in [4.69, 9.17) is 0 Å². The quantitative estimate of drug-likeness (QED) is 0.879. The standard InChI is InChI=1S/C20H23FN2/c21-18-12-10-17(11-13-18)6-4-14-23-15-5-9-20(16-23)22-19-7-2-1-3-8-19/h1-4,6-8,10-13,20,22H,5,9,14-16H2. The number of rotatable bonds is 5. The van der Waals surface area contributed by atoms with Gasteiger partial charge in [0.05, 0.1) is 0 Å². The zero-order chi connectivity index (χ0) is 15.9. The molecule has 0 bridgehead atoms. The lowest BCUT2D eigenvalue weighted by atomic mass is 10.1. The Hall–Kier alpha value is -2.13. The number of nitrogens with zero attached hydrogens (tertiary/aromatic N) is 1. The van der Waals surface area contributed by atoms with Gasteiger partial charge in [-0.15, -0.1) is 0 Å². The van der Waals surface area contributed by atoms with E-state index in [1.165, 1.54) is 30.7 Å². The molecule has 3 rings (SSSR count). The second kappa shape index (κ2) is 7.93. The fourth-order valence-electron chi connectivity index (χ4n) is 3.02. The van der Waals surface area contributed by atoms with Crippen molar-refractivity contribution in [2.24, 2.45) is 0 Å². The number of piperidine rings is 1. The second-order valence-electron chi connectivity index (χ2n) is 6.06. The lowest BCUT2D eigenvalue weighted by molar-refractivity contribution is 0.237. The van der Waals surface area contributed by atoms with Gasteiger partial charge in [0.15, 0.2) is 0 Å². The first-order chi connectivity index (χ1) is 11.3. The first-order valence-electron chi connectivity index (χ1n) is 8.26. The minimum absolute atomic E-state index is 0.187. The maximum Gasteiger partial charge on any atom is 0.123 e. The summed E-state index contributed by atoms with van der Waals surface area (Å²) in [5.74, 6) is -0.187. The smallest absolute Gasteiger partial charge is 0.123 e. The van der Waals surface area contributed by atoms with Gasteiger partial charge in [-0.25, -0.2) is 4.39 Å². The number of halogens is 1. The minimum atomic E-state index is -0.187. The molecule has 1 heterocycles. The molecule has 2 aromatic rings. The summed E-state index contributed by atoms with van der Waals surface area (Å²) in [5.41, 5.74) is 2.24. The van der Waals surface area contributed by atoms with E-state index in [9.17, 15) is 4.39 Å². The third-order valence-corrected chi connectivity index (χ3v) is 4.19. The maximum atomic E-state index is 12.9. The molecule has 2 nitrogen and oxygen atoms in total. The molecule has 1 atom stereocenters. The van der Waals surface area contributed by atoms with Crippen molar-refractivity contribution in [3.63, 3.8) is 0 Å². The minimum Gasteiger partial charge on any atom is -0.381 e. The van der Waals surface area contributed by atoms with Crippen LogP contribution < -0.4 is 5.32 Å². The molecule has 0 spiro atoms. The SMILES string of the molecule is Fc1ccc(C=CCN2CCCC(Nc3ccccc3)C2)cc1. The molecule has 1 aliphatic rings. The van der Waals surface area contributed by atoms with Gasteiger partial charge < -0.3 is 5.32 Å². The molecule has 0 aromatic heterocycles. The van der Waals surface area contributed by atoms with Crippen molar-refractivity contribution < 1.29 is 4.39 Å². The van der Waals surface area contributed by atoms with Crippen molar-refractivity contribution in [1.82, 2.24) is 4.90 Å². The maximum absolute atomic E-state index is 12.9. The van der Waals surface area contributed by atoms with E-state index in [-0.39, 0.29) is 5.82 Å². The fraction of sp³-hybridized carbons (Fsp3) is 0.300. The molecule has 2 aromatic carbocycles. The van der Waals surface area contributed by atoms with Crippen molar-refractivity contribution in [3.05, 3.63) is 72.1 Å². The summed E-state index contributed by atoms with van der Waals surface area (Å²) >= 11 is 0. The largest absolute Gasteiger partial charge is 0.381 e. The second-order valence-corrected chi connectivity index (χ2v) is 6.06. The van der Waals surface area contributed by atoms with Crippen LogP contribution >= 0.6 is 0 Å². The number of nitrogens with one attached hydrogen (secondary N) is 1. The van der Waals surface area contributed by atoms with Crippen LogP contribution in [0, 0.1) is 5.82 Å². The van der Waals surface area contributed by atoms with Crippen molar-refractivity contribution in [2.75, 3.05) is 25.0 Å². The molecule has 1 fully saturated rings. The van der Waals surface area contributed by atoms with Gasteiger partial charge in [-0.1, -0.05) is 42.5 Å². The van der Waals surface area contributed by atoms with E-state index in [0.717, 1.165) is 25.2 Å². The molecule has 1 aliphatic heterocycles. The van der Waals surface area contributed by atoms with Gasteiger partial charge in [0.1, 0.15) is 5.82 Å². The van der Waals surface area contributed by atoms with Crippen LogP contribution in [-0.4, -0.2) is 30.6 Å². The molecule has 23 heavy (non-hydrogen) atoms. The average molecular weight is 310 g/mol.